The first-order valence-corrected chi connectivity index (χ1v) is 9.29. The highest BCUT2D eigenvalue weighted by molar-refractivity contribution is 6.31. The van der Waals surface area contributed by atoms with Gasteiger partial charge < -0.3 is 5.11 Å². The summed E-state index contributed by atoms with van der Waals surface area (Å²) in [4.78, 5) is 11.0. The topological polar surface area (TPSA) is 55.1 Å². The zero-order valence-electron chi connectivity index (χ0n) is 15.2. The second kappa shape index (κ2) is 7.89. The minimum Gasteiger partial charge on any atom is -0.478 e. The van der Waals surface area contributed by atoms with E-state index >= 15 is 0 Å². The van der Waals surface area contributed by atoms with Gasteiger partial charge >= 0.3 is 5.97 Å². The van der Waals surface area contributed by atoms with Crippen molar-refractivity contribution in [1.29, 1.82) is 0 Å². The molecule has 1 N–H and O–H groups in total. The van der Waals surface area contributed by atoms with Crippen LogP contribution in [0.25, 0.3) is 23.1 Å². The number of aromatic carboxylic acids is 1. The highest BCUT2D eigenvalue weighted by atomic mass is 35.5. The molecule has 0 atom stereocenters. The van der Waals surface area contributed by atoms with E-state index in [0.717, 1.165) is 27.7 Å². The molecule has 4 rings (SSSR count). The predicted octanol–water partition coefficient (Wildman–Crippen LogP) is 5.75. The summed E-state index contributed by atoms with van der Waals surface area (Å²) in [6.07, 6.45) is 3.76. The van der Waals surface area contributed by atoms with Gasteiger partial charge in [-0.15, -0.1) is 0 Å². The van der Waals surface area contributed by atoms with Gasteiger partial charge in [-0.05, 0) is 59.7 Å². The molecular formula is C23H16ClFN2O2. The van der Waals surface area contributed by atoms with Gasteiger partial charge in [0.05, 0.1) is 23.3 Å². The summed E-state index contributed by atoms with van der Waals surface area (Å²) >= 11 is 6.18. The maximum Gasteiger partial charge on any atom is 0.335 e. The third-order valence-corrected chi connectivity index (χ3v) is 4.81. The normalized spacial score (nSPS) is 11.4. The molecule has 0 fully saturated rings. The van der Waals surface area contributed by atoms with Gasteiger partial charge in [0.1, 0.15) is 5.82 Å². The van der Waals surface area contributed by atoms with E-state index in [9.17, 15) is 9.18 Å². The summed E-state index contributed by atoms with van der Waals surface area (Å²) in [5.74, 6) is -1.23. The Morgan fingerprint density at radius 1 is 1.03 bits per heavy atom. The molecule has 0 saturated heterocycles. The maximum atomic E-state index is 13.2. The highest BCUT2D eigenvalue weighted by Crippen LogP contribution is 2.25. The van der Waals surface area contributed by atoms with Gasteiger partial charge in [-0.3, -0.25) is 4.68 Å². The summed E-state index contributed by atoms with van der Waals surface area (Å²) < 4.78 is 15.0. The van der Waals surface area contributed by atoms with Crippen LogP contribution in [0.4, 0.5) is 4.39 Å². The molecule has 4 aromatic rings. The minimum atomic E-state index is -0.956. The van der Waals surface area contributed by atoms with Crippen LogP contribution in [0.2, 0.25) is 5.02 Å². The fourth-order valence-corrected chi connectivity index (χ4v) is 3.26. The van der Waals surface area contributed by atoms with Crippen molar-refractivity contribution in [3.63, 3.8) is 0 Å². The molecule has 0 unspecified atom stereocenters. The van der Waals surface area contributed by atoms with Crippen molar-refractivity contribution < 1.29 is 14.3 Å². The van der Waals surface area contributed by atoms with Crippen molar-refractivity contribution in [2.24, 2.45) is 0 Å². The third kappa shape index (κ3) is 4.20. The molecular weight excluding hydrogens is 391 g/mol. The van der Waals surface area contributed by atoms with Gasteiger partial charge in [-0.25, -0.2) is 9.18 Å². The minimum absolute atomic E-state index is 0.241. The van der Waals surface area contributed by atoms with E-state index in [-0.39, 0.29) is 11.4 Å². The first kappa shape index (κ1) is 18.9. The van der Waals surface area contributed by atoms with Gasteiger partial charge in [0.25, 0.3) is 0 Å². The predicted molar refractivity (Wildman–Crippen MR) is 113 cm³/mol. The van der Waals surface area contributed by atoms with Crippen molar-refractivity contribution >= 4 is 40.6 Å². The Hall–Kier alpha value is -3.44. The molecule has 4 nitrogen and oxygen atoms in total. The number of nitrogens with zero attached hydrogens (tertiary/aromatic N) is 2. The average molecular weight is 407 g/mol. The summed E-state index contributed by atoms with van der Waals surface area (Å²) in [6, 6.07) is 18.5. The van der Waals surface area contributed by atoms with Crippen LogP contribution in [0.1, 0.15) is 27.2 Å². The van der Waals surface area contributed by atoms with E-state index in [1.165, 1.54) is 12.1 Å². The van der Waals surface area contributed by atoms with Gasteiger partial charge in [-0.2, -0.15) is 5.10 Å². The summed E-state index contributed by atoms with van der Waals surface area (Å²) in [5, 5.41) is 15.2. The van der Waals surface area contributed by atoms with Crippen LogP contribution in [-0.2, 0) is 6.54 Å². The van der Waals surface area contributed by atoms with Gasteiger partial charge in [0.15, 0.2) is 0 Å². The molecule has 3 aromatic carbocycles. The zero-order chi connectivity index (χ0) is 20.4. The van der Waals surface area contributed by atoms with Crippen molar-refractivity contribution in [3.05, 3.63) is 100.0 Å². The number of carbonyl (C=O) groups is 1. The van der Waals surface area contributed by atoms with Crippen molar-refractivity contribution in [2.75, 3.05) is 0 Å². The second-order valence-electron chi connectivity index (χ2n) is 6.59. The summed E-state index contributed by atoms with van der Waals surface area (Å²) in [5.41, 5.74) is 3.68. The lowest BCUT2D eigenvalue weighted by atomic mass is 10.1. The van der Waals surface area contributed by atoms with Crippen LogP contribution in [0, 0.1) is 5.82 Å². The first-order valence-electron chi connectivity index (χ1n) is 8.91. The molecule has 0 radical (unpaired) electrons. The van der Waals surface area contributed by atoms with E-state index < -0.39 is 5.97 Å². The fourth-order valence-electron chi connectivity index (χ4n) is 3.09. The lowest BCUT2D eigenvalue weighted by molar-refractivity contribution is 0.0697. The molecule has 0 aliphatic rings. The summed E-state index contributed by atoms with van der Waals surface area (Å²) in [7, 11) is 0. The number of fused-ring (bicyclic) bond motifs is 1. The molecule has 6 heteroatoms. The van der Waals surface area contributed by atoms with E-state index in [2.05, 4.69) is 0 Å². The van der Waals surface area contributed by atoms with Crippen LogP contribution in [0.3, 0.4) is 0 Å². The molecule has 1 heterocycles. The standard InChI is InChI=1S/C23H16ClFN2O2/c24-18-8-11-20-21(12-5-15-1-6-17(7-2-15)23(28)29)26-27(22(20)13-18)14-16-3-9-19(25)10-4-16/h1-13H,14H2,(H,28,29)/b12-5+. The van der Waals surface area contributed by atoms with Gasteiger partial charge in [0, 0.05) is 10.4 Å². The molecule has 0 spiro atoms. The quantitative estimate of drug-likeness (QED) is 0.459. The van der Waals surface area contributed by atoms with Gasteiger partial charge in [0.2, 0.25) is 0 Å². The van der Waals surface area contributed by atoms with E-state index in [0.29, 0.717) is 11.6 Å². The van der Waals surface area contributed by atoms with Crippen molar-refractivity contribution in [2.45, 2.75) is 6.54 Å². The zero-order valence-corrected chi connectivity index (χ0v) is 16.0. The fraction of sp³-hybridized carbons (Fsp3) is 0.0435. The Balaban J connectivity index is 1.68. The van der Waals surface area contributed by atoms with E-state index in [1.54, 1.807) is 36.4 Å². The lowest BCUT2D eigenvalue weighted by Crippen LogP contribution is -2.01. The molecule has 0 aliphatic heterocycles. The number of aromatic nitrogens is 2. The number of carboxylic acids is 1. The maximum absolute atomic E-state index is 13.2. The van der Waals surface area contributed by atoms with Crippen LogP contribution in [-0.4, -0.2) is 20.9 Å². The van der Waals surface area contributed by atoms with Crippen molar-refractivity contribution in [3.8, 4) is 0 Å². The van der Waals surface area contributed by atoms with Crippen molar-refractivity contribution in [1.82, 2.24) is 9.78 Å². The Labute approximate surface area is 171 Å². The number of halogens is 2. The molecule has 0 aliphatic carbocycles. The average Bonchev–Trinajstić information content (AvgIpc) is 3.05. The number of rotatable bonds is 5. The molecule has 1 aromatic heterocycles. The van der Waals surface area contributed by atoms with E-state index in [4.69, 9.17) is 21.8 Å². The van der Waals surface area contributed by atoms with Gasteiger partial charge in [-0.1, -0.05) is 41.9 Å². The third-order valence-electron chi connectivity index (χ3n) is 4.58. The molecule has 0 saturated carbocycles. The molecule has 0 amide bonds. The van der Waals surface area contributed by atoms with Crippen LogP contribution < -0.4 is 0 Å². The van der Waals surface area contributed by atoms with Crippen LogP contribution in [0.5, 0.6) is 0 Å². The Morgan fingerprint density at radius 2 is 1.76 bits per heavy atom. The molecule has 29 heavy (non-hydrogen) atoms. The van der Waals surface area contributed by atoms with Crippen LogP contribution in [0.15, 0.2) is 66.7 Å². The number of hydrogen-bond acceptors (Lipinski definition) is 2. The Kier molecular flexibility index (Phi) is 5.14. The summed E-state index contributed by atoms with van der Waals surface area (Å²) in [6.45, 7) is 0.484. The largest absolute Gasteiger partial charge is 0.478 e. The highest BCUT2D eigenvalue weighted by Gasteiger charge is 2.10. The Bertz CT molecular complexity index is 1210. The monoisotopic (exact) mass is 406 g/mol. The first-order chi connectivity index (χ1) is 14.0. The smallest absolute Gasteiger partial charge is 0.335 e. The number of carboxylic acid groups (broad SMARTS) is 1. The molecule has 144 valence electrons. The number of benzene rings is 3. The lowest BCUT2D eigenvalue weighted by Gasteiger charge is -2.04. The number of hydrogen-bond donors (Lipinski definition) is 1. The second-order valence-corrected chi connectivity index (χ2v) is 7.03. The molecule has 0 bridgehead atoms. The Morgan fingerprint density at radius 3 is 2.45 bits per heavy atom. The van der Waals surface area contributed by atoms with E-state index in [1.807, 2.05) is 35.0 Å². The van der Waals surface area contributed by atoms with Crippen LogP contribution >= 0.6 is 11.6 Å². The SMILES string of the molecule is O=C(O)c1ccc(/C=C/c2nn(Cc3ccc(F)cc3)c3cc(Cl)ccc23)cc1.